The van der Waals surface area contributed by atoms with Crippen molar-refractivity contribution in [3.8, 4) is 11.1 Å². The van der Waals surface area contributed by atoms with E-state index in [9.17, 15) is 18.0 Å². The number of carbonyl (C=O) groups is 1. The zero-order chi connectivity index (χ0) is 30.5. The van der Waals surface area contributed by atoms with Gasteiger partial charge < -0.3 is 14.5 Å². The van der Waals surface area contributed by atoms with Crippen LogP contribution in [-0.4, -0.2) is 62.1 Å². The Bertz CT molecular complexity index is 1660. The Morgan fingerprint density at radius 1 is 1.02 bits per heavy atom. The van der Waals surface area contributed by atoms with E-state index in [0.29, 0.717) is 48.3 Å². The molecule has 8 nitrogen and oxygen atoms in total. The van der Waals surface area contributed by atoms with Crippen LogP contribution >= 0.6 is 0 Å². The van der Waals surface area contributed by atoms with E-state index < -0.39 is 41.5 Å². The molecule has 0 spiro atoms. The number of piperidine rings is 1. The predicted octanol–water partition coefficient (Wildman–Crippen LogP) is 6.77. The first-order chi connectivity index (χ1) is 20.5. The van der Waals surface area contributed by atoms with E-state index in [1.165, 1.54) is 10.9 Å². The smallest absolute Gasteiger partial charge is 0.410 e. The van der Waals surface area contributed by atoms with E-state index in [2.05, 4.69) is 10.1 Å². The van der Waals surface area contributed by atoms with Gasteiger partial charge in [-0.25, -0.2) is 27.6 Å². The maximum Gasteiger partial charge on any atom is 0.410 e. The zero-order valence-corrected chi connectivity index (χ0v) is 24.1. The minimum atomic E-state index is -1.27. The summed E-state index contributed by atoms with van der Waals surface area (Å²) < 4.78 is 66.1. The van der Waals surface area contributed by atoms with Crippen molar-refractivity contribution in [2.24, 2.45) is 0 Å². The third-order valence-electron chi connectivity index (χ3n) is 7.92. The zero-order valence-electron chi connectivity index (χ0n) is 24.1. The number of ether oxygens (including phenoxy) is 1. The van der Waals surface area contributed by atoms with Crippen LogP contribution in [0.15, 0.2) is 48.8 Å². The van der Waals surface area contributed by atoms with Gasteiger partial charge in [0.2, 0.25) is 5.95 Å². The molecule has 1 aromatic carbocycles. The molecule has 1 amide bonds. The van der Waals surface area contributed by atoms with E-state index in [4.69, 9.17) is 9.72 Å². The number of hydrogen-bond donors (Lipinski definition) is 0. The molecule has 0 radical (unpaired) electrons. The van der Waals surface area contributed by atoms with Gasteiger partial charge in [-0.1, -0.05) is 0 Å². The molecule has 6 rings (SSSR count). The van der Waals surface area contributed by atoms with Gasteiger partial charge in [0.25, 0.3) is 0 Å². The average molecular weight is 597 g/mol. The van der Waals surface area contributed by atoms with Gasteiger partial charge >= 0.3 is 6.09 Å². The lowest BCUT2D eigenvalue weighted by Crippen LogP contribution is -2.42. The predicted molar refractivity (Wildman–Crippen MR) is 153 cm³/mol. The van der Waals surface area contributed by atoms with Gasteiger partial charge in [-0.05, 0) is 70.0 Å². The van der Waals surface area contributed by atoms with Crippen LogP contribution in [0.5, 0.6) is 0 Å². The second kappa shape index (κ2) is 11.1. The summed E-state index contributed by atoms with van der Waals surface area (Å²) >= 11 is 0. The molecule has 12 heteroatoms. The van der Waals surface area contributed by atoms with Gasteiger partial charge in [-0.3, -0.25) is 4.98 Å². The van der Waals surface area contributed by atoms with Gasteiger partial charge in [0.1, 0.15) is 29.2 Å². The maximum atomic E-state index is 15.9. The third-order valence-corrected chi connectivity index (χ3v) is 7.92. The summed E-state index contributed by atoms with van der Waals surface area (Å²) in [5, 5.41) is 4.35. The number of carbonyl (C=O) groups excluding carboxylic acids is 1. The van der Waals surface area contributed by atoms with E-state index in [1.807, 2.05) is 20.8 Å². The number of fused-ring (bicyclic) bond motifs is 1. The first-order valence-electron chi connectivity index (χ1n) is 14.3. The number of likely N-dealkylation sites (tertiary alicyclic amines) is 1. The molecule has 43 heavy (non-hydrogen) atoms. The Hall–Kier alpha value is -4.22. The fraction of sp³-hybridized carbons (Fsp3) is 0.419. The first-order valence-corrected chi connectivity index (χ1v) is 14.3. The third kappa shape index (κ3) is 5.74. The molecule has 0 bridgehead atoms. The highest BCUT2D eigenvalue weighted by Gasteiger charge is 2.36. The number of pyridine rings is 2. The van der Waals surface area contributed by atoms with Gasteiger partial charge in [0.15, 0.2) is 0 Å². The lowest BCUT2D eigenvalue weighted by molar-refractivity contribution is 0.0181. The first kappa shape index (κ1) is 28.9. The number of halogens is 4. The fourth-order valence-corrected chi connectivity index (χ4v) is 5.90. The fourth-order valence-electron chi connectivity index (χ4n) is 5.90. The number of alkyl halides is 1. The highest BCUT2D eigenvalue weighted by atomic mass is 19.1. The van der Waals surface area contributed by atoms with Gasteiger partial charge in [0, 0.05) is 36.8 Å². The molecule has 2 fully saturated rings. The minimum Gasteiger partial charge on any atom is -0.444 e. The molecule has 5 heterocycles. The molecule has 3 aromatic heterocycles. The number of aromatic nitrogens is 4. The number of nitrogens with zero attached hydrogens (tertiary/aromatic N) is 6. The average Bonchev–Trinajstić information content (AvgIpc) is 3.55. The van der Waals surface area contributed by atoms with Crippen LogP contribution in [0.25, 0.3) is 22.2 Å². The van der Waals surface area contributed by atoms with Crippen LogP contribution in [0, 0.1) is 17.6 Å². The SMILES string of the molecule is CC(C)(C)OC(=O)N1CCC(n2ncc(-c3ccnc4ccc(N5C[C@@H](F)C[C@@H]5c5cc(F)ccc5F)nc34)c2F)CC1. The monoisotopic (exact) mass is 596 g/mol. The Morgan fingerprint density at radius 3 is 2.53 bits per heavy atom. The van der Waals surface area contributed by atoms with Gasteiger partial charge in [0.05, 0.1) is 41.4 Å². The molecule has 226 valence electrons. The molecule has 2 aliphatic rings. The molecular formula is C31H32F4N6O2. The quantitative estimate of drug-likeness (QED) is 0.242. The summed E-state index contributed by atoms with van der Waals surface area (Å²) in [5.74, 6) is -1.43. The molecule has 2 saturated heterocycles. The lowest BCUT2D eigenvalue weighted by atomic mass is 10.0. The van der Waals surface area contributed by atoms with Crippen LogP contribution in [0.1, 0.15) is 57.7 Å². The second-order valence-corrected chi connectivity index (χ2v) is 12.1. The van der Waals surface area contributed by atoms with Crippen molar-refractivity contribution in [2.45, 2.75) is 63.9 Å². The van der Waals surface area contributed by atoms with Crippen LogP contribution in [0.3, 0.4) is 0 Å². The molecule has 2 aliphatic heterocycles. The van der Waals surface area contributed by atoms with Crippen molar-refractivity contribution in [3.05, 3.63) is 71.9 Å². The summed E-state index contributed by atoms with van der Waals surface area (Å²) in [5.41, 5.74) is 0.994. The Balaban J connectivity index is 1.28. The number of hydrogen-bond acceptors (Lipinski definition) is 6. The molecular weight excluding hydrogens is 564 g/mol. The summed E-state index contributed by atoms with van der Waals surface area (Å²) in [7, 11) is 0. The van der Waals surface area contributed by atoms with Crippen LogP contribution in [0.2, 0.25) is 0 Å². The topological polar surface area (TPSA) is 76.4 Å². The largest absolute Gasteiger partial charge is 0.444 e. The Labute approximate surface area is 246 Å². The number of amides is 1. The summed E-state index contributed by atoms with van der Waals surface area (Å²) in [6.45, 7) is 6.20. The van der Waals surface area contributed by atoms with Crippen molar-refractivity contribution >= 4 is 22.9 Å². The van der Waals surface area contributed by atoms with Crippen molar-refractivity contribution in [3.63, 3.8) is 0 Å². The molecule has 0 saturated carbocycles. The molecule has 0 unspecified atom stereocenters. The lowest BCUT2D eigenvalue weighted by Gasteiger charge is -2.33. The highest BCUT2D eigenvalue weighted by molar-refractivity contribution is 5.92. The molecule has 2 atom stereocenters. The minimum absolute atomic E-state index is 0.0197. The van der Waals surface area contributed by atoms with Crippen LogP contribution < -0.4 is 4.90 Å². The molecule has 0 N–H and O–H groups in total. The van der Waals surface area contributed by atoms with E-state index in [0.717, 1.165) is 18.2 Å². The summed E-state index contributed by atoms with van der Waals surface area (Å²) in [6, 6.07) is 7.11. The normalized spacial score (nSPS) is 19.8. The Kier molecular flexibility index (Phi) is 7.47. The van der Waals surface area contributed by atoms with E-state index >= 15 is 4.39 Å². The second-order valence-electron chi connectivity index (χ2n) is 12.1. The molecule has 0 aliphatic carbocycles. The summed E-state index contributed by atoms with van der Waals surface area (Å²) in [4.78, 5) is 24.8. The van der Waals surface area contributed by atoms with Crippen molar-refractivity contribution in [1.82, 2.24) is 24.6 Å². The standard InChI is InChI=1S/C31H32F4N6O2/c1-31(2,3)43-30(42)39-12-9-20(10-13-39)41-29(35)23(16-37-41)21-8-11-36-25-6-7-27(38-28(21)25)40-17-19(33)15-26(40)22-14-18(32)4-5-24(22)34/h4-8,11,14,16,19-20,26H,9-10,12-13,15,17H2,1-3H3/t19-,26+/m0/s1. The van der Waals surface area contributed by atoms with E-state index in [-0.39, 0.29) is 30.1 Å². The number of benzene rings is 1. The van der Waals surface area contributed by atoms with Gasteiger partial charge in [-0.2, -0.15) is 9.49 Å². The van der Waals surface area contributed by atoms with Crippen molar-refractivity contribution < 1.29 is 27.1 Å². The number of rotatable bonds is 4. The Morgan fingerprint density at radius 2 is 1.79 bits per heavy atom. The van der Waals surface area contributed by atoms with E-state index in [1.54, 1.807) is 34.2 Å². The van der Waals surface area contributed by atoms with Crippen LogP contribution in [0.4, 0.5) is 28.2 Å². The van der Waals surface area contributed by atoms with Crippen molar-refractivity contribution in [2.75, 3.05) is 24.5 Å². The summed E-state index contributed by atoms with van der Waals surface area (Å²) in [6.07, 6.45) is 2.33. The molecule has 4 aromatic rings. The number of anilines is 1. The maximum absolute atomic E-state index is 15.9. The highest BCUT2D eigenvalue weighted by Crippen LogP contribution is 2.39. The van der Waals surface area contributed by atoms with Crippen molar-refractivity contribution in [1.29, 1.82) is 0 Å². The van der Waals surface area contributed by atoms with Gasteiger partial charge in [-0.15, -0.1) is 0 Å². The van der Waals surface area contributed by atoms with Crippen LogP contribution in [-0.2, 0) is 4.74 Å².